The fourth-order valence-corrected chi connectivity index (χ4v) is 4.19. The molecule has 0 aliphatic carbocycles. The molecule has 4 rings (SSSR count). The normalized spacial score (nSPS) is 16.2. The number of carbonyl (C=O) groups excluding carboxylic acids is 1. The van der Waals surface area contributed by atoms with Crippen LogP contribution in [0.3, 0.4) is 0 Å². The van der Waals surface area contributed by atoms with Crippen LogP contribution in [-0.2, 0) is 0 Å². The molecule has 1 amide bonds. The summed E-state index contributed by atoms with van der Waals surface area (Å²) in [5.74, 6) is 1.80. The van der Waals surface area contributed by atoms with Gasteiger partial charge in [-0.15, -0.1) is 11.3 Å². The molecule has 3 aromatic rings. The zero-order valence-corrected chi connectivity index (χ0v) is 16.5. The molecule has 0 bridgehead atoms. The van der Waals surface area contributed by atoms with Crippen molar-refractivity contribution in [1.82, 2.24) is 19.9 Å². The zero-order valence-electron chi connectivity index (χ0n) is 15.7. The second-order valence-corrected chi connectivity index (χ2v) is 7.24. The van der Waals surface area contributed by atoms with Gasteiger partial charge >= 0.3 is 0 Å². The number of amides is 1. The van der Waals surface area contributed by atoms with Crippen LogP contribution in [0, 0.1) is 0 Å². The van der Waals surface area contributed by atoms with Crippen LogP contribution in [0.25, 0.3) is 10.8 Å². The van der Waals surface area contributed by atoms with Gasteiger partial charge in [-0.3, -0.25) is 4.79 Å². The van der Waals surface area contributed by atoms with Gasteiger partial charge in [-0.05, 0) is 36.6 Å². The van der Waals surface area contributed by atoms with Crippen molar-refractivity contribution in [3.8, 4) is 22.3 Å². The third kappa shape index (κ3) is 3.43. The van der Waals surface area contributed by atoms with E-state index in [9.17, 15) is 4.79 Å². The van der Waals surface area contributed by atoms with Gasteiger partial charge in [0.25, 0.3) is 5.91 Å². The first-order valence-corrected chi connectivity index (χ1v) is 9.85. The Bertz CT molecular complexity index is 977. The summed E-state index contributed by atoms with van der Waals surface area (Å²) in [6, 6.07) is 7.55. The smallest absolute Gasteiger partial charge is 0.273 e. The van der Waals surface area contributed by atoms with Crippen molar-refractivity contribution >= 4 is 17.2 Å². The van der Waals surface area contributed by atoms with Crippen LogP contribution in [0.5, 0.6) is 11.5 Å². The van der Waals surface area contributed by atoms with E-state index in [4.69, 9.17) is 9.47 Å². The lowest BCUT2D eigenvalue weighted by atomic mass is 10.0. The molecule has 1 fully saturated rings. The number of likely N-dealkylation sites (tertiary alicyclic amines) is 1. The number of aromatic nitrogens is 3. The van der Waals surface area contributed by atoms with Crippen LogP contribution in [0.4, 0.5) is 0 Å². The topological polar surface area (TPSA) is 77.4 Å². The molecule has 1 aliphatic heterocycles. The summed E-state index contributed by atoms with van der Waals surface area (Å²) in [7, 11) is 3.22. The minimum Gasteiger partial charge on any atom is -0.493 e. The molecule has 0 radical (unpaired) electrons. The van der Waals surface area contributed by atoms with Crippen molar-refractivity contribution in [3.63, 3.8) is 0 Å². The summed E-state index contributed by atoms with van der Waals surface area (Å²) in [5, 5.41) is 2.42. The molecule has 3 heterocycles. The van der Waals surface area contributed by atoms with Crippen LogP contribution < -0.4 is 9.47 Å². The third-order valence-electron chi connectivity index (χ3n) is 4.79. The maximum absolute atomic E-state index is 13.1. The minimum absolute atomic E-state index is 0.00886. The first-order valence-electron chi connectivity index (χ1n) is 8.97. The average molecular weight is 396 g/mol. The summed E-state index contributed by atoms with van der Waals surface area (Å²) < 4.78 is 10.7. The fraction of sp³-hybridized carbons (Fsp3) is 0.300. The Labute approximate surface area is 167 Å². The molecular formula is C20H20N4O3S. The van der Waals surface area contributed by atoms with Crippen molar-refractivity contribution in [2.24, 2.45) is 0 Å². The van der Waals surface area contributed by atoms with Crippen molar-refractivity contribution in [2.45, 2.75) is 18.9 Å². The maximum atomic E-state index is 13.1. The lowest BCUT2D eigenvalue weighted by molar-refractivity contribution is 0.0730. The summed E-state index contributed by atoms with van der Waals surface area (Å²) in [6.07, 6.45) is 5.18. The SMILES string of the molecule is COc1ccc([C@H]2CCCN2C(=O)c2csc(-c3ncccn3)n2)cc1OC. The number of ether oxygens (including phenoxy) is 2. The highest BCUT2D eigenvalue weighted by atomic mass is 32.1. The molecule has 0 unspecified atom stereocenters. The number of thiazole rings is 1. The first-order chi connectivity index (χ1) is 13.7. The van der Waals surface area contributed by atoms with E-state index in [2.05, 4.69) is 15.0 Å². The lowest BCUT2D eigenvalue weighted by Gasteiger charge is -2.25. The Kier molecular flexibility index (Phi) is 5.21. The number of benzene rings is 1. The molecule has 0 spiro atoms. The van der Waals surface area contributed by atoms with Gasteiger partial charge in [0.2, 0.25) is 0 Å². The van der Waals surface area contributed by atoms with Crippen LogP contribution in [0.2, 0.25) is 0 Å². The lowest BCUT2D eigenvalue weighted by Crippen LogP contribution is -2.30. The summed E-state index contributed by atoms with van der Waals surface area (Å²) in [4.78, 5) is 27.9. The number of carbonyl (C=O) groups is 1. The zero-order chi connectivity index (χ0) is 19.5. The highest BCUT2D eigenvalue weighted by molar-refractivity contribution is 7.13. The second kappa shape index (κ2) is 7.93. The second-order valence-electron chi connectivity index (χ2n) is 6.38. The minimum atomic E-state index is -0.0734. The Morgan fingerprint density at radius 1 is 1.18 bits per heavy atom. The molecule has 1 aromatic carbocycles. The van der Waals surface area contributed by atoms with Gasteiger partial charge in [-0.25, -0.2) is 15.0 Å². The van der Waals surface area contributed by atoms with Crippen molar-refractivity contribution in [1.29, 1.82) is 0 Å². The number of nitrogens with zero attached hydrogens (tertiary/aromatic N) is 4. The van der Waals surface area contributed by atoms with Gasteiger partial charge in [0.15, 0.2) is 22.3 Å². The van der Waals surface area contributed by atoms with E-state index in [0.717, 1.165) is 18.4 Å². The molecule has 0 N–H and O–H groups in total. The quantitative estimate of drug-likeness (QED) is 0.656. The molecule has 1 saturated heterocycles. The predicted molar refractivity (Wildman–Crippen MR) is 106 cm³/mol. The van der Waals surface area contributed by atoms with Crippen molar-refractivity contribution < 1.29 is 14.3 Å². The monoisotopic (exact) mass is 396 g/mol. The average Bonchev–Trinajstić information content (AvgIpc) is 3.43. The highest BCUT2D eigenvalue weighted by Gasteiger charge is 2.32. The van der Waals surface area contributed by atoms with Gasteiger partial charge < -0.3 is 14.4 Å². The Morgan fingerprint density at radius 3 is 2.71 bits per heavy atom. The van der Waals surface area contributed by atoms with E-state index in [1.807, 2.05) is 23.1 Å². The molecular weight excluding hydrogens is 376 g/mol. The molecule has 7 nitrogen and oxygen atoms in total. The molecule has 144 valence electrons. The maximum Gasteiger partial charge on any atom is 0.273 e. The number of rotatable bonds is 5. The Morgan fingerprint density at radius 2 is 1.96 bits per heavy atom. The molecule has 28 heavy (non-hydrogen) atoms. The van der Waals surface area contributed by atoms with Gasteiger partial charge in [0, 0.05) is 24.3 Å². The Hall–Kier alpha value is -3.00. The predicted octanol–water partition coefficient (Wildman–Crippen LogP) is 3.59. The summed E-state index contributed by atoms with van der Waals surface area (Å²) in [6.45, 7) is 0.701. The molecule has 0 saturated carbocycles. The molecule has 8 heteroatoms. The first kappa shape index (κ1) is 18.4. The summed E-state index contributed by atoms with van der Waals surface area (Å²) >= 11 is 1.38. The van der Waals surface area contributed by atoms with Gasteiger partial charge in [0.1, 0.15) is 5.69 Å². The van der Waals surface area contributed by atoms with Crippen LogP contribution in [0.15, 0.2) is 42.0 Å². The van der Waals surface area contributed by atoms with Gasteiger partial charge in [-0.2, -0.15) is 0 Å². The van der Waals surface area contributed by atoms with Gasteiger partial charge in [-0.1, -0.05) is 6.07 Å². The van der Waals surface area contributed by atoms with E-state index in [1.54, 1.807) is 38.1 Å². The Balaban J connectivity index is 1.58. The molecule has 1 atom stereocenters. The highest BCUT2D eigenvalue weighted by Crippen LogP contribution is 2.37. The van der Waals surface area contributed by atoms with E-state index < -0.39 is 0 Å². The number of hydrogen-bond acceptors (Lipinski definition) is 7. The van der Waals surface area contributed by atoms with E-state index in [1.165, 1.54) is 11.3 Å². The van der Waals surface area contributed by atoms with Gasteiger partial charge in [0.05, 0.1) is 20.3 Å². The van der Waals surface area contributed by atoms with E-state index in [0.29, 0.717) is 34.6 Å². The van der Waals surface area contributed by atoms with E-state index >= 15 is 0 Å². The molecule has 1 aliphatic rings. The van der Waals surface area contributed by atoms with Crippen molar-refractivity contribution in [2.75, 3.05) is 20.8 Å². The molecule has 2 aromatic heterocycles. The fourth-order valence-electron chi connectivity index (χ4n) is 3.45. The largest absolute Gasteiger partial charge is 0.493 e. The standard InChI is InChI=1S/C20H20N4O3S/c1-26-16-7-6-13(11-17(16)27-2)15-5-3-10-24(15)20(25)14-12-28-19(23-14)18-21-8-4-9-22-18/h4,6-9,11-12,15H,3,5,10H2,1-2H3/t15-/m1/s1. The van der Waals surface area contributed by atoms with Crippen LogP contribution >= 0.6 is 11.3 Å². The van der Waals surface area contributed by atoms with Crippen LogP contribution in [-0.4, -0.2) is 46.5 Å². The number of hydrogen-bond donors (Lipinski definition) is 0. The summed E-state index contributed by atoms with van der Waals surface area (Å²) in [5.41, 5.74) is 1.46. The number of methoxy groups -OCH3 is 2. The van der Waals surface area contributed by atoms with Crippen LogP contribution in [0.1, 0.15) is 34.9 Å². The third-order valence-corrected chi connectivity index (χ3v) is 5.62. The van der Waals surface area contributed by atoms with Crippen molar-refractivity contribution in [3.05, 3.63) is 53.3 Å². The van der Waals surface area contributed by atoms with E-state index in [-0.39, 0.29) is 11.9 Å².